The molecule has 0 bridgehead atoms. The van der Waals surface area contributed by atoms with Crippen LogP contribution in [-0.2, 0) is 11.3 Å². The molecule has 25 heavy (non-hydrogen) atoms. The molecule has 1 aliphatic rings. The van der Waals surface area contributed by atoms with Gasteiger partial charge in [0.25, 0.3) is 5.91 Å². The molecule has 2 aromatic carbocycles. The van der Waals surface area contributed by atoms with E-state index in [0.717, 1.165) is 43.0 Å². The van der Waals surface area contributed by atoms with Crippen LogP contribution in [0.3, 0.4) is 0 Å². The van der Waals surface area contributed by atoms with Crippen molar-refractivity contribution in [3.05, 3.63) is 58.1 Å². The maximum atomic E-state index is 12.5. The Balaban J connectivity index is 1.65. The predicted molar refractivity (Wildman–Crippen MR) is 100 cm³/mol. The average molecular weight is 406 g/mol. The maximum absolute atomic E-state index is 12.5. The van der Waals surface area contributed by atoms with Gasteiger partial charge in [-0.3, -0.25) is 4.79 Å². The first kappa shape index (κ1) is 17.9. The van der Waals surface area contributed by atoms with Gasteiger partial charge in [0.1, 0.15) is 25.4 Å². The van der Waals surface area contributed by atoms with Crippen molar-refractivity contribution in [3.8, 4) is 5.75 Å². The monoisotopic (exact) mass is 405 g/mol. The quantitative estimate of drug-likeness (QED) is 0.800. The summed E-state index contributed by atoms with van der Waals surface area (Å²) in [7, 11) is 1.56. The lowest BCUT2D eigenvalue weighted by Crippen LogP contribution is -3.12. The number of quaternary nitrogens is 1. The number of rotatable bonds is 5. The van der Waals surface area contributed by atoms with Gasteiger partial charge in [-0.15, -0.1) is 0 Å². The van der Waals surface area contributed by atoms with Gasteiger partial charge in [-0.1, -0.05) is 28.1 Å². The topological polar surface area (TPSA) is 52.0 Å². The molecule has 5 nitrogen and oxygen atoms in total. The van der Waals surface area contributed by atoms with Crippen LogP contribution in [-0.4, -0.2) is 39.3 Å². The second kappa shape index (κ2) is 8.47. The lowest BCUT2D eigenvalue weighted by Gasteiger charge is -2.23. The van der Waals surface area contributed by atoms with Gasteiger partial charge >= 0.3 is 0 Å². The van der Waals surface area contributed by atoms with Crippen LogP contribution in [0.15, 0.2) is 46.9 Å². The number of carbonyl (C=O) groups excluding carboxylic acids is 1. The Labute approximate surface area is 156 Å². The Morgan fingerprint density at radius 1 is 1.20 bits per heavy atom. The predicted octanol–water partition coefficient (Wildman–Crippen LogP) is 2.13. The van der Waals surface area contributed by atoms with Crippen molar-refractivity contribution in [1.82, 2.24) is 0 Å². The van der Waals surface area contributed by atoms with E-state index < -0.39 is 0 Å². The summed E-state index contributed by atoms with van der Waals surface area (Å²) in [4.78, 5) is 14.0. The van der Waals surface area contributed by atoms with E-state index in [9.17, 15) is 4.79 Å². The van der Waals surface area contributed by atoms with Crippen molar-refractivity contribution in [2.75, 3.05) is 38.7 Å². The minimum atomic E-state index is -0.190. The number of amides is 1. The normalized spacial score (nSPS) is 15.0. The molecular weight excluding hydrogens is 384 g/mol. The summed E-state index contributed by atoms with van der Waals surface area (Å²) in [6, 6.07) is 13.4. The van der Waals surface area contributed by atoms with Crippen LogP contribution in [0.2, 0.25) is 0 Å². The van der Waals surface area contributed by atoms with Crippen molar-refractivity contribution in [2.45, 2.75) is 6.54 Å². The van der Waals surface area contributed by atoms with Gasteiger partial charge in [0, 0.05) is 15.7 Å². The van der Waals surface area contributed by atoms with Crippen molar-refractivity contribution in [2.24, 2.45) is 0 Å². The lowest BCUT2D eigenvalue weighted by atomic mass is 10.1. The molecule has 2 N–H and O–H groups in total. The fourth-order valence-electron chi connectivity index (χ4n) is 2.89. The van der Waals surface area contributed by atoms with Gasteiger partial charge < -0.3 is 19.7 Å². The maximum Gasteiger partial charge on any atom is 0.259 e. The van der Waals surface area contributed by atoms with E-state index in [1.807, 2.05) is 18.2 Å². The molecule has 1 saturated heterocycles. The van der Waals surface area contributed by atoms with E-state index in [-0.39, 0.29) is 5.91 Å². The molecule has 1 amide bonds. The van der Waals surface area contributed by atoms with E-state index in [0.29, 0.717) is 11.3 Å². The number of hydrogen-bond acceptors (Lipinski definition) is 3. The van der Waals surface area contributed by atoms with Crippen LogP contribution in [0, 0.1) is 0 Å². The molecule has 0 aliphatic carbocycles. The van der Waals surface area contributed by atoms with Crippen molar-refractivity contribution in [3.63, 3.8) is 0 Å². The fraction of sp³-hybridized carbons (Fsp3) is 0.316. The molecular formula is C19H22BrN2O3+. The highest BCUT2D eigenvalue weighted by atomic mass is 79.9. The van der Waals surface area contributed by atoms with Crippen molar-refractivity contribution < 1.29 is 19.2 Å². The van der Waals surface area contributed by atoms with Crippen molar-refractivity contribution >= 4 is 27.5 Å². The third-order valence-electron chi connectivity index (χ3n) is 4.27. The van der Waals surface area contributed by atoms with Crippen molar-refractivity contribution in [1.29, 1.82) is 0 Å². The Morgan fingerprint density at radius 2 is 1.92 bits per heavy atom. The summed E-state index contributed by atoms with van der Waals surface area (Å²) in [5.74, 6) is 0.359. The SMILES string of the molecule is COc1ccc(Br)cc1C(=O)Nc1ccc(C[NH+]2CCOCC2)cc1. The summed E-state index contributed by atoms with van der Waals surface area (Å²) >= 11 is 3.39. The smallest absolute Gasteiger partial charge is 0.259 e. The van der Waals surface area contributed by atoms with Gasteiger partial charge in [-0.05, 0) is 30.3 Å². The number of methoxy groups -OCH3 is 1. The van der Waals surface area contributed by atoms with E-state index in [1.54, 1.807) is 19.2 Å². The number of halogens is 1. The van der Waals surface area contributed by atoms with Crippen LogP contribution in [0.5, 0.6) is 5.75 Å². The highest BCUT2D eigenvalue weighted by molar-refractivity contribution is 9.10. The number of ether oxygens (including phenoxy) is 2. The minimum Gasteiger partial charge on any atom is -0.496 e. The fourth-order valence-corrected chi connectivity index (χ4v) is 3.25. The largest absolute Gasteiger partial charge is 0.496 e. The molecule has 0 atom stereocenters. The first-order chi connectivity index (χ1) is 12.2. The molecule has 2 aromatic rings. The number of carbonyl (C=O) groups is 1. The number of anilines is 1. The van der Waals surface area contributed by atoms with Crippen LogP contribution < -0.4 is 15.0 Å². The molecule has 0 aromatic heterocycles. The molecule has 6 heteroatoms. The third kappa shape index (κ3) is 4.81. The summed E-state index contributed by atoms with van der Waals surface area (Å²) in [5, 5.41) is 2.92. The Bertz CT molecular complexity index is 728. The first-order valence-electron chi connectivity index (χ1n) is 8.31. The van der Waals surface area contributed by atoms with Crippen LogP contribution in [0.1, 0.15) is 15.9 Å². The van der Waals surface area contributed by atoms with E-state index >= 15 is 0 Å². The second-order valence-electron chi connectivity index (χ2n) is 6.03. The number of nitrogens with one attached hydrogen (secondary N) is 2. The molecule has 0 spiro atoms. The van der Waals surface area contributed by atoms with Gasteiger partial charge in [-0.25, -0.2) is 0 Å². The third-order valence-corrected chi connectivity index (χ3v) is 4.77. The summed E-state index contributed by atoms with van der Waals surface area (Å²) < 4.78 is 11.5. The summed E-state index contributed by atoms with van der Waals surface area (Å²) in [6.07, 6.45) is 0. The molecule has 0 saturated carbocycles. The van der Waals surface area contributed by atoms with Gasteiger partial charge in [-0.2, -0.15) is 0 Å². The highest BCUT2D eigenvalue weighted by Crippen LogP contribution is 2.24. The van der Waals surface area contributed by atoms with E-state index in [2.05, 4.69) is 33.4 Å². The molecule has 1 fully saturated rings. The molecule has 1 heterocycles. The second-order valence-corrected chi connectivity index (χ2v) is 6.95. The Kier molecular flexibility index (Phi) is 6.07. The van der Waals surface area contributed by atoms with Crippen LogP contribution >= 0.6 is 15.9 Å². The minimum absolute atomic E-state index is 0.190. The zero-order valence-electron chi connectivity index (χ0n) is 14.2. The van der Waals surface area contributed by atoms with Gasteiger partial charge in [0.15, 0.2) is 0 Å². The molecule has 0 unspecified atom stereocenters. The Hall–Kier alpha value is -1.89. The Morgan fingerprint density at radius 3 is 2.60 bits per heavy atom. The number of hydrogen-bond donors (Lipinski definition) is 2. The standard InChI is InChI=1S/C19H21BrN2O3/c1-24-18-7-4-15(20)12-17(18)19(23)21-16-5-2-14(3-6-16)13-22-8-10-25-11-9-22/h2-7,12H,8-11,13H2,1H3,(H,21,23)/p+1. The molecule has 132 valence electrons. The van der Waals surface area contributed by atoms with Gasteiger partial charge in [0.05, 0.1) is 25.9 Å². The molecule has 0 radical (unpaired) electrons. The summed E-state index contributed by atoms with van der Waals surface area (Å²) in [5.41, 5.74) is 2.53. The van der Waals surface area contributed by atoms with Gasteiger partial charge in [0.2, 0.25) is 0 Å². The van der Waals surface area contributed by atoms with E-state index in [1.165, 1.54) is 10.5 Å². The first-order valence-corrected chi connectivity index (χ1v) is 9.10. The number of benzene rings is 2. The molecule has 3 rings (SSSR count). The zero-order chi connectivity index (χ0) is 17.6. The number of morpholine rings is 1. The molecule has 1 aliphatic heterocycles. The van der Waals surface area contributed by atoms with E-state index in [4.69, 9.17) is 9.47 Å². The average Bonchev–Trinajstić information content (AvgIpc) is 2.64. The zero-order valence-corrected chi connectivity index (χ0v) is 15.8. The highest BCUT2D eigenvalue weighted by Gasteiger charge is 2.15. The van der Waals surface area contributed by atoms with Crippen LogP contribution in [0.25, 0.3) is 0 Å². The lowest BCUT2D eigenvalue weighted by molar-refractivity contribution is -0.921. The summed E-state index contributed by atoms with van der Waals surface area (Å²) in [6.45, 7) is 4.73. The van der Waals surface area contributed by atoms with Crippen LogP contribution in [0.4, 0.5) is 5.69 Å².